The number of carbonyl (C=O) groups is 2. The van der Waals surface area contributed by atoms with E-state index in [0.717, 1.165) is 0 Å². The van der Waals surface area contributed by atoms with E-state index in [1.54, 1.807) is 25.1 Å². The van der Waals surface area contributed by atoms with E-state index in [1.165, 1.54) is 21.8 Å². The van der Waals surface area contributed by atoms with Gasteiger partial charge < -0.3 is 10.5 Å². The molecule has 2 aromatic heterocycles. The van der Waals surface area contributed by atoms with Crippen LogP contribution in [0.5, 0.6) is 0 Å². The summed E-state index contributed by atoms with van der Waals surface area (Å²) in [6.07, 6.45) is 2.22. The number of ether oxygens (including phenoxy) is 1. The Kier molecular flexibility index (Phi) is 4.10. The number of carbonyl (C=O) groups excluding carboxylic acids is 2. The number of hydrogen-bond acceptors (Lipinski definition) is 7. The van der Waals surface area contributed by atoms with Crippen LogP contribution < -0.4 is 11.1 Å². The standard InChI is InChI=1S/C14H15N7O3/c1-2-24-14(23)17-11-6-20(19-18-11)7-12(22)21-8-16-13-9(15)4-3-5-10(13)21/h3-6,8H,2,7,15H2,1H3,(H,17,23). The van der Waals surface area contributed by atoms with Crippen LogP contribution in [0.25, 0.3) is 11.0 Å². The third-order valence-corrected chi connectivity index (χ3v) is 3.22. The number of benzene rings is 1. The molecule has 24 heavy (non-hydrogen) atoms. The topological polar surface area (TPSA) is 130 Å². The Morgan fingerprint density at radius 1 is 1.38 bits per heavy atom. The van der Waals surface area contributed by atoms with Crippen LogP contribution in [0.2, 0.25) is 0 Å². The Balaban J connectivity index is 1.74. The average molecular weight is 329 g/mol. The number of imidazole rings is 1. The summed E-state index contributed by atoms with van der Waals surface area (Å²) in [5.41, 5.74) is 7.51. The van der Waals surface area contributed by atoms with Gasteiger partial charge in [-0.1, -0.05) is 11.3 Å². The average Bonchev–Trinajstić information content (AvgIpc) is 3.15. The molecule has 3 rings (SSSR count). The normalized spacial score (nSPS) is 10.7. The molecular formula is C14H15N7O3. The molecular weight excluding hydrogens is 314 g/mol. The van der Waals surface area contributed by atoms with Crippen molar-refractivity contribution in [1.82, 2.24) is 24.5 Å². The summed E-state index contributed by atoms with van der Waals surface area (Å²) in [7, 11) is 0. The minimum absolute atomic E-state index is 0.0717. The zero-order valence-corrected chi connectivity index (χ0v) is 12.8. The lowest BCUT2D eigenvalue weighted by Gasteiger charge is -2.03. The van der Waals surface area contributed by atoms with Gasteiger partial charge in [0.15, 0.2) is 5.82 Å². The highest BCUT2D eigenvalue weighted by Gasteiger charge is 2.14. The predicted molar refractivity (Wildman–Crippen MR) is 85.4 cm³/mol. The molecule has 0 bridgehead atoms. The van der Waals surface area contributed by atoms with Gasteiger partial charge >= 0.3 is 6.09 Å². The molecule has 3 N–H and O–H groups in total. The first-order valence-corrected chi connectivity index (χ1v) is 7.17. The summed E-state index contributed by atoms with van der Waals surface area (Å²) in [5.74, 6) is -0.0725. The van der Waals surface area contributed by atoms with Crippen molar-refractivity contribution in [2.24, 2.45) is 0 Å². The van der Waals surface area contributed by atoms with Gasteiger partial charge in [-0.05, 0) is 19.1 Å². The number of aromatic nitrogens is 5. The maximum absolute atomic E-state index is 12.4. The van der Waals surface area contributed by atoms with Gasteiger partial charge in [-0.15, -0.1) is 5.10 Å². The van der Waals surface area contributed by atoms with Gasteiger partial charge in [-0.25, -0.2) is 14.5 Å². The molecule has 0 unspecified atom stereocenters. The third kappa shape index (κ3) is 3.02. The first-order valence-electron chi connectivity index (χ1n) is 7.17. The highest BCUT2D eigenvalue weighted by Crippen LogP contribution is 2.19. The Labute approximate surface area is 136 Å². The minimum Gasteiger partial charge on any atom is -0.450 e. The molecule has 0 aliphatic heterocycles. The van der Waals surface area contributed by atoms with Crippen LogP contribution in [0, 0.1) is 0 Å². The van der Waals surface area contributed by atoms with Crippen LogP contribution in [0.1, 0.15) is 11.7 Å². The Morgan fingerprint density at radius 3 is 3.00 bits per heavy atom. The second-order valence-corrected chi connectivity index (χ2v) is 4.87. The number of nitrogens with zero attached hydrogens (tertiary/aromatic N) is 5. The van der Waals surface area contributed by atoms with E-state index >= 15 is 0 Å². The summed E-state index contributed by atoms with van der Waals surface area (Å²) in [5, 5.41) is 9.95. The van der Waals surface area contributed by atoms with Crippen molar-refractivity contribution in [2.75, 3.05) is 17.7 Å². The van der Waals surface area contributed by atoms with E-state index in [4.69, 9.17) is 10.5 Å². The maximum Gasteiger partial charge on any atom is 0.412 e. The van der Waals surface area contributed by atoms with E-state index in [9.17, 15) is 9.59 Å². The summed E-state index contributed by atoms with van der Waals surface area (Å²) in [4.78, 5) is 27.9. The van der Waals surface area contributed by atoms with Crippen LogP contribution in [-0.4, -0.2) is 43.2 Å². The molecule has 0 fully saturated rings. The Bertz CT molecular complexity index is 899. The van der Waals surface area contributed by atoms with E-state index in [2.05, 4.69) is 20.6 Å². The van der Waals surface area contributed by atoms with Crippen LogP contribution >= 0.6 is 0 Å². The lowest BCUT2D eigenvalue weighted by atomic mass is 10.3. The lowest BCUT2D eigenvalue weighted by molar-refractivity contribution is 0.0890. The van der Waals surface area contributed by atoms with Crippen LogP contribution in [-0.2, 0) is 11.3 Å². The molecule has 0 radical (unpaired) electrons. The zero-order chi connectivity index (χ0) is 17.1. The molecule has 1 amide bonds. The molecule has 0 spiro atoms. The largest absolute Gasteiger partial charge is 0.450 e. The highest BCUT2D eigenvalue weighted by molar-refractivity contribution is 5.94. The molecule has 1 aromatic carbocycles. The number of nitrogen functional groups attached to an aromatic ring is 1. The van der Waals surface area contributed by atoms with E-state index in [1.807, 2.05) is 0 Å². The first kappa shape index (κ1) is 15.5. The molecule has 10 nitrogen and oxygen atoms in total. The molecule has 0 aliphatic rings. The number of amides is 1. The fourth-order valence-electron chi connectivity index (χ4n) is 2.18. The van der Waals surface area contributed by atoms with Crippen molar-refractivity contribution in [3.05, 3.63) is 30.7 Å². The quantitative estimate of drug-likeness (QED) is 0.686. The molecule has 0 aliphatic carbocycles. The number of hydrogen-bond donors (Lipinski definition) is 2. The van der Waals surface area contributed by atoms with Crippen molar-refractivity contribution in [3.63, 3.8) is 0 Å². The molecule has 0 saturated heterocycles. The monoisotopic (exact) mass is 329 g/mol. The summed E-state index contributed by atoms with van der Waals surface area (Å²) in [6, 6.07) is 5.22. The van der Waals surface area contributed by atoms with Crippen LogP contribution in [0.15, 0.2) is 30.7 Å². The number of nitrogens with two attached hydrogens (primary N) is 1. The van der Waals surface area contributed by atoms with Crippen LogP contribution in [0.3, 0.4) is 0 Å². The Morgan fingerprint density at radius 2 is 2.21 bits per heavy atom. The number of rotatable bonds is 4. The summed E-state index contributed by atoms with van der Waals surface area (Å²) >= 11 is 0. The Hall–Kier alpha value is -3.43. The van der Waals surface area contributed by atoms with Crippen molar-refractivity contribution >= 4 is 34.5 Å². The molecule has 2 heterocycles. The highest BCUT2D eigenvalue weighted by atomic mass is 16.5. The van der Waals surface area contributed by atoms with E-state index in [-0.39, 0.29) is 24.9 Å². The summed E-state index contributed by atoms with van der Waals surface area (Å²) < 4.78 is 7.44. The van der Waals surface area contributed by atoms with Crippen molar-refractivity contribution in [2.45, 2.75) is 13.5 Å². The second kappa shape index (κ2) is 6.36. The van der Waals surface area contributed by atoms with E-state index in [0.29, 0.717) is 16.7 Å². The SMILES string of the molecule is CCOC(=O)Nc1cn(CC(=O)n2cnc3c(N)cccc32)nn1. The molecule has 3 aromatic rings. The van der Waals surface area contributed by atoms with Gasteiger partial charge in [0, 0.05) is 0 Å². The van der Waals surface area contributed by atoms with Gasteiger partial charge in [-0.2, -0.15) is 0 Å². The van der Waals surface area contributed by atoms with Gasteiger partial charge in [0.2, 0.25) is 0 Å². The minimum atomic E-state index is -0.632. The third-order valence-electron chi connectivity index (χ3n) is 3.22. The first-order chi connectivity index (χ1) is 11.6. The number of anilines is 2. The molecule has 10 heteroatoms. The smallest absolute Gasteiger partial charge is 0.412 e. The van der Waals surface area contributed by atoms with Gasteiger partial charge in [0.05, 0.1) is 24.0 Å². The van der Waals surface area contributed by atoms with E-state index < -0.39 is 6.09 Å². The number of nitrogens with one attached hydrogen (secondary N) is 1. The molecule has 0 saturated carbocycles. The maximum atomic E-state index is 12.4. The second-order valence-electron chi connectivity index (χ2n) is 4.87. The van der Waals surface area contributed by atoms with Gasteiger partial charge in [0.1, 0.15) is 18.4 Å². The van der Waals surface area contributed by atoms with Crippen LogP contribution in [0.4, 0.5) is 16.3 Å². The van der Waals surface area contributed by atoms with Crippen molar-refractivity contribution < 1.29 is 14.3 Å². The van der Waals surface area contributed by atoms with Crippen molar-refractivity contribution in [3.8, 4) is 0 Å². The summed E-state index contributed by atoms with van der Waals surface area (Å²) in [6.45, 7) is 1.87. The number of fused-ring (bicyclic) bond motifs is 1. The fourth-order valence-corrected chi connectivity index (χ4v) is 2.18. The van der Waals surface area contributed by atoms with Crippen molar-refractivity contribution in [1.29, 1.82) is 0 Å². The number of para-hydroxylation sites is 1. The lowest BCUT2D eigenvalue weighted by Crippen LogP contribution is -2.17. The molecule has 124 valence electrons. The predicted octanol–water partition coefficient (Wildman–Crippen LogP) is 1.12. The molecule has 0 atom stereocenters. The fraction of sp³-hybridized carbons (Fsp3) is 0.214. The zero-order valence-electron chi connectivity index (χ0n) is 12.8. The van der Waals surface area contributed by atoms with Gasteiger partial charge in [0.25, 0.3) is 5.91 Å². The van der Waals surface area contributed by atoms with Gasteiger partial charge in [-0.3, -0.25) is 14.7 Å².